The van der Waals surface area contributed by atoms with Gasteiger partial charge in [0.2, 0.25) is 5.88 Å². The summed E-state index contributed by atoms with van der Waals surface area (Å²) in [6.07, 6.45) is 5.35. The largest absolute Gasteiger partial charge is 0.481 e. The third kappa shape index (κ3) is 6.76. The van der Waals surface area contributed by atoms with Gasteiger partial charge in [-0.2, -0.15) is 0 Å². The summed E-state index contributed by atoms with van der Waals surface area (Å²) in [4.78, 5) is 29.9. The van der Waals surface area contributed by atoms with Crippen LogP contribution in [0.25, 0.3) is 15.7 Å². The topological polar surface area (TPSA) is 118 Å². The van der Waals surface area contributed by atoms with Crippen molar-refractivity contribution in [2.24, 2.45) is 5.73 Å². The number of unbranched alkanes of at least 4 members (excludes halogenated alkanes) is 1. The Hall–Kier alpha value is -4.33. The van der Waals surface area contributed by atoms with Crippen molar-refractivity contribution in [3.63, 3.8) is 0 Å². The van der Waals surface area contributed by atoms with E-state index in [1.54, 1.807) is 43.0 Å². The minimum atomic E-state index is -0.315. The van der Waals surface area contributed by atoms with Gasteiger partial charge >= 0.3 is 0 Å². The molecule has 0 bridgehead atoms. The van der Waals surface area contributed by atoms with E-state index in [-0.39, 0.29) is 11.2 Å². The van der Waals surface area contributed by atoms with Crippen LogP contribution in [0.1, 0.15) is 29.7 Å². The summed E-state index contributed by atoms with van der Waals surface area (Å²) in [5.41, 5.74) is 16.6. The van der Waals surface area contributed by atoms with Gasteiger partial charge in [0, 0.05) is 68.4 Å². The Bertz CT molecular complexity index is 1850. The predicted octanol–water partition coefficient (Wildman–Crippen LogP) is 4.82. The third-order valence-electron chi connectivity index (χ3n) is 8.16. The molecule has 0 fully saturated rings. The lowest BCUT2D eigenvalue weighted by Crippen LogP contribution is -2.32. The summed E-state index contributed by atoms with van der Waals surface area (Å²) in [7, 11) is 3.97. The van der Waals surface area contributed by atoms with Crippen molar-refractivity contribution in [3.8, 4) is 5.88 Å². The summed E-state index contributed by atoms with van der Waals surface area (Å²) < 4.78 is 32.0. The van der Waals surface area contributed by atoms with Gasteiger partial charge in [-0.25, -0.2) is 14.4 Å². The van der Waals surface area contributed by atoms with Gasteiger partial charge < -0.3 is 26.0 Å². The van der Waals surface area contributed by atoms with Gasteiger partial charge in [0.15, 0.2) is 5.43 Å². The fraction of sp³-hybridized carbons (Fsp3) is 0.364. The summed E-state index contributed by atoms with van der Waals surface area (Å²) in [6.45, 7) is 4.49. The lowest BCUT2D eigenvalue weighted by molar-refractivity contribution is 0.251. The quantitative estimate of drug-likeness (QED) is 0.173. The molecule has 0 saturated heterocycles. The van der Waals surface area contributed by atoms with Crippen molar-refractivity contribution in [3.05, 3.63) is 87.0 Å². The Morgan fingerprint density at radius 3 is 2.61 bits per heavy atom. The molecule has 0 saturated carbocycles. The van der Waals surface area contributed by atoms with Crippen LogP contribution in [0.3, 0.4) is 0 Å². The Labute approximate surface area is 270 Å². The van der Waals surface area contributed by atoms with Crippen LogP contribution >= 0.6 is 11.3 Å². The Kier molecular flexibility index (Phi) is 10.7. The highest BCUT2D eigenvalue weighted by Gasteiger charge is 2.27. The fourth-order valence-corrected chi connectivity index (χ4v) is 7.11. The molecule has 0 unspecified atom stereocenters. The van der Waals surface area contributed by atoms with Crippen molar-refractivity contribution in [1.29, 1.82) is 0 Å². The first-order valence-electron chi connectivity index (χ1n) is 15.1. The molecule has 1 aliphatic heterocycles. The van der Waals surface area contributed by atoms with E-state index in [9.17, 15) is 13.6 Å². The van der Waals surface area contributed by atoms with E-state index < -0.39 is 0 Å². The number of benzene rings is 1. The van der Waals surface area contributed by atoms with E-state index in [0.29, 0.717) is 61.6 Å². The first-order valence-corrected chi connectivity index (χ1v) is 16.0. The summed E-state index contributed by atoms with van der Waals surface area (Å²) in [6, 6.07) is 10.7. The normalized spacial score (nSPS) is 12.2. The highest BCUT2D eigenvalue weighted by molar-refractivity contribution is 7.15. The van der Waals surface area contributed by atoms with Crippen LogP contribution in [0.2, 0.25) is 0 Å². The van der Waals surface area contributed by atoms with Crippen LogP contribution in [-0.4, -0.2) is 66.8 Å². The lowest BCUT2D eigenvalue weighted by atomic mass is 10.1. The van der Waals surface area contributed by atoms with Crippen LogP contribution < -0.4 is 31.4 Å². The van der Waals surface area contributed by atoms with Crippen LogP contribution in [0.4, 0.5) is 26.0 Å². The zero-order valence-electron chi connectivity index (χ0n) is 26.4. The molecule has 13 heteroatoms. The second-order valence-corrected chi connectivity index (χ2v) is 12.0. The molecule has 0 spiro atoms. The van der Waals surface area contributed by atoms with E-state index in [2.05, 4.69) is 29.5 Å². The minimum Gasteiger partial charge on any atom is -0.481 e. The number of nitrogens with zero attached hydrogens (tertiary/aromatic N) is 6. The smallest absolute Gasteiger partial charge is 0.213 e. The maximum Gasteiger partial charge on any atom is 0.213 e. The molecule has 4 N–H and O–H groups in total. The lowest BCUT2D eigenvalue weighted by Gasteiger charge is -2.28. The molecule has 0 radical (unpaired) electrons. The van der Waals surface area contributed by atoms with Crippen molar-refractivity contribution >= 4 is 44.3 Å². The zero-order chi connectivity index (χ0) is 32.8. The molecule has 1 aromatic carbocycles. The molecule has 0 atom stereocenters. The van der Waals surface area contributed by atoms with Gasteiger partial charge in [-0.1, -0.05) is 0 Å². The number of pyridine rings is 3. The highest BCUT2D eigenvalue weighted by atomic mass is 32.1. The van der Waals surface area contributed by atoms with Crippen LogP contribution in [-0.2, 0) is 19.6 Å². The molecule has 10 nitrogen and oxygen atoms in total. The van der Waals surface area contributed by atoms with E-state index in [4.69, 9.17) is 16.2 Å². The first-order chi connectivity index (χ1) is 22.4. The average molecular weight is 651 g/mol. The molecule has 0 amide bonds. The SMILES string of the molecule is CF.COc1cc(CN(CCCCN(CCN)c2ccc(N)nc2)Cc2c(=O)c3ccc(F)c4c3n3c(csc23)CN4C)ccn1. The number of nitrogen functional groups attached to an aromatic ring is 1. The number of hydrogen-bond acceptors (Lipinski definition) is 10. The Balaban J connectivity index is 0.00000204. The van der Waals surface area contributed by atoms with Crippen LogP contribution in [0, 0.1) is 5.82 Å². The van der Waals surface area contributed by atoms with Crippen molar-refractivity contribution in [2.75, 3.05) is 63.0 Å². The number of rotatable bonds is 13. The van der Waals surface area contributed by atoms with Crippen LogP contribution in [0.5, 0.6) is 5.88 Å². The monoisotopic (exact) mass is 650 g/mol. The van der Waals surface area contributed by atoms with E-state index in [1.807, 2.05) is 30.1 Å². The Morgan fingerprint density at radius 2 is 1.87 bits per heavy atom. The molecule has 4 aromatic heterocycles. The molecule has 5 aromatic rings. The highest BCUT2D eigenvalue weighted by Crippen LogP contribution is 2.37. The summed E-state index contributed by atoms with van der Waals surface area (Å²) in [5, 5.41) is 2.62. The maximum absolute atomic E-state index is 15.0. The van der Waals surface area contributed by atoms with Crippen LogP contribution in [0.15, 0.2) is 59.0 Å². The second-order valence-electron chi connectivity index (χ2n) is 11.2. The fourth-order valence-electron chi connectivity index (χ4n) is 6.07. The average Bonchev–Trinajstić information content (AvgIpc) is 3.49. The van der Waals surface area contributed by atoms with E-state index in [1.165, 1.54) is 6.07 Å². The number of aromatic nitrogens is 3. The molecular formula is C33H40F2N8O2S. The summed E-state index contributed by atoms with van der Waals surface area (Å²) in [5.74, 6) is 0.721. The molecular weight excluding hydrogens is 610 g/mol. The van der Waals surface area contributed by atoms with E-state index in [0.717, 1.165) is 59.8 Å². The zero-order valence-corrected chi connectivity index (χ0v) is 27.2. The number of anilines is 3. The number of ether oxygens (including phenoxy) is 1. The van der Waals surface area contributed by atoms with Crippen molar-refractivity contribution in [1.82, 2.24) is 19.3 Å². The van der Waals surface area contributed by atoms with Gasteiger partial charge in [-0.15, -0.1) is 11.3 Å². The van der Waals surface area contributed by atoms with Crippen molar-refractivity contribution < 1.29 is 13.5 Å². The van der Waals surface area contributed by atoms with Gasteiger partial charge in [-0.3, -0.25) is 18.5 Å². The first kappa shape index (κ1) is 33.0. The van der Waals surface area contributed by atoms with Gasteiger partial charge in [-0.05, 0) is 55.3 Å². The summed E-state index contributed by atoms with van der Waals surface area (Å²) >= 11 is 1.55. The molecule has 5 heterocycles. The maximum atomic E-state index is 15.0. The van der Waals surface area contributed by atoms with E-state index >= 15 is 0 Å². The number of nitrogens with two attached hydrogens (primary N) is 2. The predicted molar refractivity (Wildman–Crippen MR) is 182 cm³/mol. The minimum absolute atomic E-state index is 0.0489. The number of alkyl halides is 1. The van der Waals surface area contributed by atoms with Crippen molar-refractivity contribution in [2.45, 2.75) is 32.5 Å². The molecule has 1 aliphatic rings. The standard InChI is InChI=1S/C32H37FN8O2S.CH3F/c1-38-18-23-20-44-32-25(31(42)24-6-7-26(33)30(38)29(24)41(23)32)19-39(17-21-9-11-36-28(15-21)43-2)12-3-4-13-40(14-10-34)22-5-8-27(35)37-16-22;1-2/h5-9,11,15-16,20H,3-4,10,12-14,17-19,34H2,1-2H3,(H2,35,37);1H3. The number of thiazole rings is 1. The molecule has 46 heavy (non-hydrogen) atoms. The number of methoxy groups -OCH3 is 1. The third-order valence-corrected chi connectivity index (χ3v) is 9.21. The number of hydrogen-bond donors (Lipinski definition) is 2. The van der Waals surface area contributed by atoms with Gasteiger partial charge in [0.25, 0.3) is 0 Å². The van der Waals surface area contributed by atoms with Gasteiger partial charge in [0.05, 0.1) is 49.6 Å². The number of halogens is 2. The molecule has 0 aliphatic carbocycles. The molecule has 6 rings (SSSR count). The molecule has 244 valence electrons. The van der Waals surface area contributed by atoms with Gasteiger partial charge in [0.1, 0.15) is 16.5 Å². The second kappa shape index (κ2) is 14.8. The Morgan fingerprint density at radius 1 is 1.07 bits per heavy atom.